The van der Waals surface area contributed by atoms with Crippen LogP contribution in [0.2, 0.25) is 0 Å². The third-order valence-corrected chi connectivity index (χ3v) is 4.61. The highest BCUT2D eigenvalue weighted by molar-refractivity contribution is 5.29. The number of likely N-dealkylation sites (N-methyl/N-ethyl adjacent to an activating group) is 1. The molecule has 112 valence electrons. The van der Waals surface area contributed by atoms with Crippen molar-refractivity contribution in [3.63, 3.8) is 0 Å². The fourth-order valence-electron chi connectivity index (χ4n) is 3.20. The molecule has 0 bridgehead atoms. The summed E-state index contributed by atoms with van der Waals surface area (Å²) in [5.74, 6) is -0.00792. The molecular formula is C16H25FN2O. The van der Waals surface area contributed by atoms with Crippen molar-refractivity contribution in [2.24, 2.45) is 5.73 Å². The number of rotatable bonds is 5. The van der Waals surface area contributed by atoms with E-state index in [-0.39, 0.29) is 11.4 Å². The van der Waals surface area contributed by atoms with Crippen LogP contribution in [0, 0.1) is 5.82 Å². The number of halogens is 1. The minimum atomic E-state index is -0.302. The quantitative estimate of drug-likeness (QED) is 0.901. The lowest BCUT2D eigenvalue weighted by atomic mass is 9.80. The number of nitrogens with two attached hydrogens (primary N) is 1. The number of hydrogen-bond acceptors (Lipinski definition) is 3. The van der Waals surface area contributed by atoms with Crippen molar-refractivity contribution < 1.29 is 9.13 Å². The summed E-state index contributed by atoms with van der Waals surface area (Å²) >= 11 is 0. The van der Waals surface area contributed by atoms with Gasteiger partial charge in [-0.05, 0) is 37.6 Å². The fourth-order valence-corrected chi connectivity index (χ4v) is 3.20. The summed E-state index contributed by atoms with van der Waals surface area (Å²) < 4.78 is 18.7. The Labute approximate surface area is 120 Å². The highest BCUT2D eigenvalue weighted by Gasteiger charge is 2.34. The molecular weight excluding hydrogens is 255 g/mol. The SMILES string of the molecule is COc1ccc(CN(C)C2(CN)CCCCC2)cc1F. The average Bonchev–Trinajstić information content (AvgIpc) is 2.48. The second-order valence-corrected chi connectivity index (χ2v) is 5.81. The first-order valence-electron chi connectivity index (χ1n) is 7.35. The number of methoxy groups -OCH3 is 1. The van der Waals surface area contributed by atoms with Gasteiger partial charge in [0.2, 0.25) is 0 Å². The number of benzene rings is 1. The van der Waals surface area contributed by atoms with E-state index in [2.05, 4.69) is 11.9 Å². The maximum absolute atomic E-state index is 13.8. The van der Waals surface area contributed by atoms with Gasteiger partial charge in [-0.3, -0.25) is 4.90 Å². The van der Waals surface area contributed by atoms with Gasteiger partial charge in [-0.1, -0.05) is 25.3 Å². The van der Waals surface area contributed by atoms with Gasteiger partial charge in [0.25, 0.3) is 0 Å². The molecule has 0 unspecified atom stereocenters. The van der Waals surface area contributed by atoms with Gasteiger partial charge >= 0.3 is 0 Å². The van der Waals surface area contributed by atoms with E-state index in [1.807, 2.05) is 6.07 Å². The smallest absolute Gasteiger partial charge is 0.165 e. The first kappa shape index (κ1) is 15.3. The maximum Gasteiger partial charge on any atom is 0.165 e. The van der Waals surface area contributed by atoms with Crippen LogP contribution >= 0.6 is 0 Å². The molecule has 0 atom stereocenters. The third kappa shape index (κ3) is 3.13. The molecule has 0 spiro atoms. The summed E-state index contributed by atoms with van der Waals surface area (Å²) in [5.41, 5.74) is 7.07. The topological polar surface area (TPSA) is 38.5 Å². The van der Waals surface area contributed by atoms with Crippen LogP contribution in [0.5, 0.6) is 5.75 Å². The minimum absolute atomic E-state index is 0.0780. The first-order chi connectivity index (χ1) is 9.61. The van der Waals surface area contributed by atoms with Crippen LogP contribution in [0.3, 0.4) is 0 Å². The molecule has 0 aliphatic heterocycles. The Kier molecular flexibility index (Phi) is 5.00. The number of nitrogens with zero attached hydrogens (tertiary/aromatic N) is 1. The van der Waals surface area contributed by atoms with E-state index in [4.69, 9.17) is 10.5 Å². The van der Waals surface area contributed by atoms with Crippen molar-refractivity contribution >= 4 is 0 Å². The molecule has 1 aliphatic carbocycles. The van der Waals surface area contributed by atoms with E-state index >= 15 is 0 Å². The largest absolute Gasteiger partial charge is 0.494 e. The molecule has 1 aromatic carbocycles. The summed E-state index contributed by atoms with van der Waals surface area (Å²) in [4.78, 5) is 2.30. The molecule has 20 heavy (non-hydrogen) atoms. The van der Waals surface area contributed by atoms with Crippen LogP contribution in [0.15, 0.2) is 18.2 Å². The Bertz CT molecular complexity index is 444. The van der Waals surface area contributed by atoms with E-state index in [0.29, 0.717) is 12.3 Å². The van der Waals surface area contributed by atoms with Gasteiger partial charge in [0.05, 0.1) is 7.11 Å². The Morgan fingerprint density at radius 2 is 2.00 bits per heavy atom. The Balaban J connectivity index is 2.09. The van der Waals surface area contributed by atoms with Gasteiger partial charge in [0.15, 0.2) is 11.6 Å². The Hall–Kier alpha value is -1.13. The van der Waals surface area contributed by atoms with E-state index in [0.717, 1.165) is 24.9 Å². The van der Waals surface area contributed by atoms with Crippen molar-refractivity contribution in [1.29, 1.82) is 0 Å². The molecule has 1 aromatic rings. The van der Waals surface area contributed by atoms with Crippen LogP contribution < -0.4 is 10.5 Å². The lowest BCUT2D eigenvalue weighted by molar-refractivity contribution is 0.0757. The Morgan fingerprint density at radius 1 is 1.30 bits per heavy atom. The molecule has 0 heterocycles. The summed E-state index contributed by atoms with van der Waals surface area (Å²) in [5, 5.41) is 0. The van der Waals surface area contributed by atoms with Crippen LogP contribution in [0.25, 0.3) is 0 Å². The van der Waals surface area contributed by atoms with Crippen LogP contribution in [0.1, 0.15) is 37.7 Å². The first-order valence-corrected chi connectivity index (χ1v) is 7.35. The molecule has 0 radical (unpaired) electrons. The van der Waals surface area contributed by atoms with Crippen LogP contribution in [0.4, 0.5) is 4.39 Å². The molecule has 2 rings (SSSR count). The zero-order valence-corrected chi connectivity index (χ0v) is 12.5. The Morgan fingerprint density at radius 3 is 2.55 bits per heavy atom. The van der Waals surface area contributed by atoms with E-state index in [1.54, 1.807) is 12.1 Å². The molecule has 3 nitrogen and oxygen atoms in total. The molecule has 0 aromatic heterocycles. The highest BCUT2D eigenvalue weighted by Crippen LogP contribution is 2.33. The minimum Gasteiger partial charge on any atom is -0.494 e. The standard InChI is InChI=1S/C16H25FN2O/c1-19(16(12-18)8-4-3-5-9-16)11-13-6-7-15(20-2)14(17)10-13/h6-7,10H,3-5,8-9,11-12,18H2,1-2H3. The predicted octanol–water partition coefficient (Wildman–Crippen LogP) is 2.93. The molecule has 1 saturated carbocycles. The zero-order valence-electron chi connectivity index (χ0n) is 12.5. The van der Waals surface area contributed by atoms with Crippen LogP contribution in [-0.4, -0.2) is 31.1 Å². The second kappa shape index (κ2) is 6.55. The van der Waals surface area contributed by atoms with E-state index in [1.165, 1.54) is 26.4 Å². The highest BCUT2D eigenvalue weighted by atomic mass is 19.1. The van der Waals surface area contributed by atoms with Gasteiger partial charge in [-0.2, -0.15) is 0 Å². The molecule has 0 amide bonds. The summed E-state index contributed by atoms with van der Waals surface area (Å²) in [7, 11) is 3.58. The molecule has 4 heteroatoms. The molecule has 0 saturated heterocycles. The lowest BCUT2D eigenvalue weighted by Crippen LogP contribution is -2.52. The van der Waals surface area contributed by atoms with Crippen molar-refractivity contribution in [3.8, 4) is 5.75 Å². The predicted molar refractivity (Wildman–Crippen MR) is 79.3 cm³/mol. The average molecular weight is 280 g/mol. The van der Waals surface area contributed by atoms with Gasteiger partial charge in [0.1, 0.15) is 0 Å². The molecule has 1 aliphatic rings. The second-order valence-electron chi connectivity index (χ2n) is 5.81. The normalized spacial score (nSPS) is 18.2. The van der Waals surface area contributed by atoms with Gasteiger partial charge in [-0.15, -0.1) is 0 Å². The van der Waals surface area contributed by atoms with Crippen molar-refractivity contribution in [2.75, 3.05) is 20.7 Å². The van der Waals surface area contributed by atoms with Gasteiger partial charge < -0.3 is 10.5 Å². The van der Waals surface area contributed by atoms with Crippen LogP contribution in [-0.2, 0) is 6.54 Å². The monoisotopic (exact) mass is 280 g/mol. The summed E-state index contributed by atoms with van der Waals surface area (Å²) in [6, 6.07) is 5.17. The number of hydrogen-bond donors (Lipinski definition) is 1. The van der Waals surface area contributed by atoms with Gasteiger partial charge in [0, 0.05) is 18.6 Å². The number of ether oxygens (including phenoxy) is 1. The van der Waals surface area contributed by atoms with Crippen molar-refractivity contribution in [1.82, 2.24) is 4.90 Å². The van der Waals surface area contributed by atoms with Gasteiger partial charge in [-0.25, -0.2) is 4.39 Å². The summed E-state index contributed by atoms with van der Waals surface area (Å²) in [6.45, 7) is 1.39. The third-order valence-electron chi connectivity index (χ3n) is 4.61. The fraction of sp³-hybridized carbons (Fsp3) is 0.625. The molecule has 2 N–H and O–H groups in total. The van der Waals surface area contributed by atoms with Crippen molar-refractivity contribution in [3.05, 3.63) is 29.6 Å². The maximum atomic E-state index is 13.8. The van der Waals surface area contributed by atoms with Crippen molar-refractivity contribution in [2.45, 2.75) is 44.2 Å². The molecule has 1 fully saturated rings. The lowest BCUT2D eigenvalue weighted by Gasteiger charge is -2.44. The summed E-state index contributed by atoms with van der Waals surface area (Å²) in [6.07, 6.45) is 6.04. The van der Waals surface area contributed by atoms with E-state index in [9.17, 15) is 4.39 Å². The zero-order chi connectivity index (χ0) is 14.6. The van der Waals surface area contributed by atoms with E-state index < -0.39 is 0 Å².